The molecule has 1 atom stereocenters. The fourth-order valence-corrected chi connectivity index (χ4v) is 3.04. The summed E-state index contributed by atoms with van der Waals surface area (Å²) in [6.45, 7) is 1.43. The van der Waals surface area contributed by atoms with Gasteiger partial charge in [-0.1, -0.05) is 4.47 Å². The highest BCUT2D eigenvalue weighted by Crippen LogP contribution is 2.27. The Morgan fingerprint density at radius 3 is 2.20 bits per heavy atom. The van der Waals surface area contributed by atoms with Crippen LogP contribution >= 0.6 is 0 Å². The summed E-state index contributed by atoms with van der Waals surface area (Å²) in [5.41, 5.74) is -0.0396. The second kappa shape index (κ2) is 8.28. The lowest BCUT2D eigenvalue weighted by atomic mass is 10.2. The molecule has 9 nitrogen and oxygen atoms in total. The lowest BCUT2D eigenvalue weighted by molar-refractivity contribution is -0.137. The van der Waals surface area contributed by atoms with Gasteiger partial charge in [0.15, 0.2) is 6.10 Å². The van der Waals surface area contributed by atoms with Crippen LogP contribution in [-0.4, -0.2) is 71.1 Å². The maximum Gasteiger partial charge on any atom is 0.338 e. The van der Waals surface area contributed by atoms with E-state index in [2.05, 4.69) is 0 Å². The molecule has 0 aliphatic rings. The van der Waals surface area contributed by atoms with Crippen molar-refractivity contribution in [3.05, 3.63) is 23.8 Å². The normalized spacial score (nSPS) is 12.6. The molecule has 0 spiro atoms. The number of hydroxylamine groups is 1. The maximum absolute atomic E-state index is 12.4. The summed E-state index contributed by atoms with van der Waals surface area (Å²) in [4.78, 5) is 29.7. The van der Waals surface area contributed by atoms with E-state index in [9.17, 15) is 18.0 Å². The van der Waals surface area contributed by atoms with Crippen molar-refractivity contribution in [2.24, 2.45) is 0 Å². The van der Waals surface area contributed by atoms with Gasteiger partial charge >= 0.3 is 5.97 Å². The average Bonchev–Trinajstić information content (AvgIpc) is 2.59. The van der Waals surface area contributed by atoms with Crippen LogP contribution < -0.4 is 4.74 Å². The molecule has 0 bridgehead atoms. The van der Waals surface area contributed by atoms with E-state index >= 15 is 0 Å². The lowest BCUT2D eigenvalue weighted by Crippen LogP contribution is -2.35. The molecule has 0 fully saturated rings. The Labute approximate surface area is 147 Å². The standard InChI is InChI=1S/C15H22N2O7S/c1-10(14(18)16(2)3)24-15(19)11-7-8-12(22-5)13(9-11)25(20,21)17(4)23-6/h7-10H,1-6H3/t10-/m1/s1. The predicted octanol–water partition coefficient (Wildman–Crippen LogP) is 0.511. The van der Waals surface area contributed by atoms with Gasteiger partial charge in [0, 0.05) is 21.1 Å². The first-order valence-electron chi connectivity index (χ1n) is 7.19. The van der Waals surface area contributed by atoms with Crippen molar-refractivity contribution in [1.82, 2.24) is 9.37 Å². The van der Waals surface area contributed by atoms with Crippen LogP contribution in [0.4, 0.5) is 0 Å². The zero-order valence-electron chi connectivity index (χ0n) is 15.0. The van der Waals surface area contributed by atoms with Crippen molar-refractivity contribution in [1.29, 1.82) is 0 Å². The molecule has 10 heteroatoms. The van der Waals surface area contributed by atoms with E-state index in [0.717, 1.165) is 6.07 Å². The molecule has 0 radical (unpaired) electrons. The summed E-state index contributed by atoms with van der Waals surface area (Å²) in [5, 5.41) is 0. The predicted molar refractivity (Wildman–Crippen MR) is 88.5 cm³/mol. The van der Waals surface area contributed by atoms with Crippen LogP contribution in [0.15, 0.2) is 23.1 Å². The molecule has 1 amide bonds. The Kier molecular flexibility index (Phi) is 6.91. The van der Waals surface area contributed by atoms with Gasteiger partial charge in [-0.3, -0.25) is 9.63 Å². The second-order valence-electron chi connectivity index (χ2n) is 5.24. The van der Waals surface area contributed by atoms with Crippen LogP contribution in [0.2, 0.25) is 0 Å². The van der Waals surface area contributed by atoms with Gasteiger partial charge in [0.05, 0.1) is 19.8 Å². The number of hydrogen-bond acceptors (Lipinski definition) is 7. The molecule has 0 aliphatic heterocycles. The summed E-state index contributed by atoms with van der Waals surface area (Å²) in [7, 11) is 2.72. The molecule has 1 aromatic carbocycles. The van der Waals surface area contributed by atoms with E-state index in [1.165, 1.54) is 59.3 Å². The first kappa shape index (κ1) is 20.9. The monoisotopic (exact) mass is 374 g/mol. The van der Waals surface area contributed by atoms with E-state index in [4.69, 9.17) is 14.3 Å². The Hall–Kier alpha value is -2.17. The number of sulfonamides is 1. The quantitative estimate of drug-likeness (QED) is 0.506. The van der Waals surface area contributed by atoms with Gasteiger partial charge in [0.25, 0.3) is 15.9 Å². The van der Waals surface area contributed by atoms with Crippen LogP contribution in [-0.2, 0) is 24.4 Å². The topological polar surface area (TPSA) is 102 Å². The number of nitrogens with zero attached hydrogens (tertiary/aromatic N) is 2. The zero-order chi connectivity index (χ0) is 19.4. The van der Waals surface area contributed by atoms with Gasteiger partial charge in [-0.25, -0.2) is 13.2 Å². The molecule has 25 heavy (non-hydrogen) atoms. The maximum atomic E-state index is 12.4. The number of ether oxygens (including phenoxy) is 2. The van der Waals surface area contributed by atoms with Crippen LogP contribution in [0, 0.1) is 0 Å². The molecule has 140 valence electrons. The largest absolute Gasteiger partial charge is 0.495 e. The van der Waals surface area contributed by atoms with Gasteiger partial charge in [-0.15, -0.1) is 0 Å². The molecular formula is C15H22N2O7S. The third-order valence-corrected chi connectivity index (χ3v) is 5.05. The number of hydrogen-bond donors (Lipinski definition) is 0. The van der Waals surface area contributed by atoms with Gasteiger partial charge in [0.1, 0.15) is 10.6 Å². The van der Waals surface area contributed by atoms with Gasteiger partial charge in [0.2, 0.25) is 0 Å². The number of carbonyl (C=O) groups is 2. The number of carbonyl (C=O) groups excluding carboxylic acids is 2. The van der Waals surface area contributed by atoms with Crippen molar-refractivity contribution < 1.29 is 32.3 Å². The first-order valence-corrected chi connectivity index (χ1v) is 8.63. The average molecular weight is 374 g/mol. The molecule has 0 unspecified atom stereocenters. The molecule has 0 N–H and O–H groups in total. The first-order chi connectivity index (χ1) is 11.6. The number of esters is 1. The zero-order valence-corrected chi connectivity index (χ0v) is 15.8. The number of benzene rings is 1. The van der Waals surface area contributed by atoms with E-state index < -0.39 is 28.0 Å². The van der Waals surface area contributed by atoms with Crippen molar-refractivity contribution in [2.45, 2.75) is 17.9 Å². The number of methoxy groups -OCH3 is 1. The van der Waals surface area contributed by atoms with Crippen LogP contribution in [0.5, 0.6) is 5.75 Å². The van der Waals surface area contributed by atoms with E-state index in [1.807, 2.05) is 0 Å². The van der Waals surface area contributed by atoms with Crippen molar-refractivity contribution in [2.75, 3.05) is 35.4 Å². The molecule has 0 heterocycles. The van der Waals surface area contributed by atoms with Crippen molar-refractivity contribution in [3.8, 4) is 5.75 Å². The fourth-order valence-electron chi connectivity index (χ4n) is 1.88. The van der Waals surface area contributed by atoms with Crippen molar-refractivity contribution >= 4 is 21.9 Å². The molecule has 1 rings (SSSR count). The highest BCUT2D eigenvalue weighted by atomic mass is 32.2. The Balaban J connectivity index is 3.21. The van der Waals surface area contributed by atoms with E-state index in [1.54, 1.807) is 0 Å². The Morgan fingerprint density at radius 2 is 1.72 bits per heavy atom. The fraction of sp³-hybridized carbons (Fsp3) is 0.467. The number of likely N-dealkylation sites (N-methyl/N-ethyl adjacent to an activating group) is 1. The summed E-state index contributed by atoms with van der Waals surface area (Å²) in [5.74, 6) is -1.19. The summed E-state index contributed by atoms with van der Waals surface area (Å²) >= 11 is 0. The third kappa shape index (κ3) is 4.68. The van der Waals surface area contributed by atoms with Crippen LogP contribution in [0.1, 0.15) is 17.3 Å². The van der Waals surface area contributed by atoms with Crippen LogP contribution in [0.25, 0.3) is 0 Å². The van der Waals surface area contributed by atoms with E-state index in [-0.39, 0.29) is 16.2 Å². The Morgan fingerprint density at radius 1 is 1.12 bits per heavy atom. The van der Waals surface area contributed by atoms with E-state index in [0.29, 0.717) is 4.47 Å². The molecule has 0 aliphatic carbocycles. The smallest absolute Gasteiger partial charge is 0.338 e. The number of rotatable bonds is 7. The minimum absolute atomic E-state index is 0.0396. The minimum Gasteiger partial charge on any atom is -0.495 e. The lowest BCUT2D eigenvalue weighted by Gasteiger charge is -2.19. The highest BCUT2D eigenvalue weighted by Gasteiger charge is 2.28. The molecule has 0 aromatic heterocycles. The summed E-state index contributed by atoms with van der Waals surface area (Å²) < 4.78 is 35.6. The van der Waals surface area contributed by atoms with Crippen molar-refractivity contribution in [3.63, 3.8) is 0 Å². The molecule has 1 aromatic rings. The van der Waals surface area contributed by atoms with Gasteiger partial charge < -0.3 is 14.4 Å². The molecular weight excluding hydrogens is 352 g/mol. The highest BCUT2D eigenvalue weighted by molar-refractivity contribution is 7.89. The second-order valence-corrected chi connectivity index (χ2v) is 7.15. The number of amides is 1. The molecule has 0 saturated carbocycles. The molecule has 0 saturated heterocycles. The van der Waals surface area contributed by atoms with Crippen LogP contribution in [0.3, 0.4) is 0 Å². The SMILES string of the molecule is COc1ccc(C(=O)O[C@H](C)C(=O)N(C)C)cc1S(=O)(=O)N(C)OC. The minimum atomic E-state index is -4.04. The summed E-state index contributed by atoms with van der Waals surface area (Å²) in [6, 6.07) is 3.78. The van der Waals surface area contributed by atoms with Gasteiger partial charge in [-0.2, -0.15) is 0 Å². The van der Waals surface area contributed by atoms with Gasteiger partial charge in [-0.05, 0) is 25.1 Å². The summed E-state index contributed by atoms with van der Waals surface area (Å²) in [6.07, 6.45) is -1.01. The third-order valence-electron chi connectivity index (χ3n) is 3.35. The Bertz CT molecular complexity index is 746.